The van der Waals surface area contributed by atoms with Gasteiger partial charge in [-0.25, -0.2) is 0 Å². The minimum atomic E-state index is 0.455. The molecule has 6 heteroatoms. The molecule has 0 saturated heterocycles. The van der Waals surface area contributed by atoms with Crippen molar-refractivity contribution in [2.75, 3.05) is 18.5 Å². The van der Waals surface area contributed by atoms with E-state index < -0.39 is 0 Å². The number of unbranched alkanes of at least 4 members (excludes halogenated alkanes) is 1. The molecule has 112 valence electrons. The maximum atomic E-state index is 5.56. The monoisotopic (exact) mass is 289 g/mol. The number of nitrogens with one attached hydrogen (secondary N) is 1. The minimum Gasteiger partial charge on any atom is -0.486 e. The van der Waals surface area contributed by atoms with E-state index in [9.17, 15) is 0 Å². The molecule has 2 aromatic rings. The Kier molecular flexibility index (Phi) is 4.23. The number of anilines is 1. The number of fused-ring (bicyclic) bond motifs is 1. The predicted molar refractivity (Wildman–Crippen MR) is 77.7 cm³/mol. The van der Waals surface area contributed by atoms with E-state index in [1.807, 2.05) is 18.2 Å². The van der Waals surface area contributed by atoms with E-state index in [0.29, 0.717) is 31.7 Å². The van der Waals surface area contributed by atoms with Crippen LogP contribution >= 0.6 is 0 Å². The summed E-state index contributed by atoms with van der Waals surface area (Å²) in [6, 6.07) is 6.34. The molecule has 0 saturated carbocycles. The van der Waals surface area contributed by atoms with Gasteiger partial charge in [0, 0.05) is 13.0 Å². The molecule has 1 aromatic carbocycles. The third-order valence-corrected chi connectivity index (χ3v) is 3.26. The van der Waals surface area contributed by atoms with Crippen LogP contribution in [0.3, 0.4) is 0 Å². The molecule has 21 heavy (non-hydrogen) atoms. The highest BCUT2D eigenvalue weighted by Gasteiger charge is 2.12. The molecule has 0 aliphatic carbocycles. The van der Waals surface area contributed by atoms with E-state index in [-0.39, 0.29) is 0 Å². The van der Waals surface area contributed by atoms with Gasteiger partial charge in [0.25, 0.3) is 0 Å². The first-order valence-corrected chi connectivity index (χ1v) is 7.30. The first-order chi connectivity index (χ1) is 10.3. The zero-order chi connectivity index (χ0) is 14.5. The second-order valence-electron chi connectivity index (χ2n) is 4.94. The second kappa shape index (κ2) is 6.47. The number of rotatable bonds is 6. The molecule has 0 fully saturated rings. The van der Waals surface area contributed by atoms with Crippen molar-refractivity contribution in [3.63, 3.8) is 0 Å². The van der Waals surface area contributed by atoms with Gasteiger partial charge in [-0.05, 0) is 24.1 Å². The van der Waals surface area contributed by atoms with Gasteiger partial charge in [0.15, 0.2) is 11.5 Å². The van der Waals surface area contributed by atoms with Crippen molar-refractivity contribution >= 4 is 6.01 Å². The van der Waals surface area contributed by atoms with Crippen molar-refractivity contribution in [2.24, 2.45) is 0 Å². The van der Waals surface area contributed by atoms with Crippen molar-refractivity contribution in [1.29, 1.82) is 0 Å². The fourth-order valence-electron chi connectivity index (χ4n) is 2.13. The molecule has 0 spiro atoms. The highest BCUT2D eigenvalue weighted by atomic mass is 16.6. The molecule has 0 unspecified atom stereocenters. The Hall–Kier alpha value is -2.24. The number of hydrogen-bond donors (Lipinski definition) is 1. The van der Waals surface area contributed by atoms with Gasteiger partial charge in [-0.15, -0.1) is 5.10 Å². The summed E-state index contributed by atoms with van der Waals surface area (Å²) >= 11 is 0. The third-order valence-electron chi connectivity index (χ3n) is 3.26. The summed E-state index contributed by atoms with van der Waals surface area (Å²) in [7, 11) is 0. The Morgan fingerprint density at radius 1 is 1.14 bits per heavy atom. The van der Waals surface area contributed by atoms with Gasteiger partial charge >= 0.3 is 6.01 Å². The first-order valence-electron chi connectivity index (χ1n) is 7.30. The van der Waals surface area contributed by atoms with Crippen molar-refractivity contribution in [3.05, 3.63) is 29.7 Å². The summed E-state index contributed by atoms with van der Waals surface area (Å²) in [5.74, 6) is 2.26. The standard InChI is InChI=1S/C15H19N3O3/c1-2-3-4-14-17-18-15(21-14)16-10-11-5-6-12-13(9-11)20-8-7-19-12/h5-6,9H,2-4,7-8,10H2,1H3,(H,16,18). The molecule has 2 heterocycles. The van der Waals surface area contributed by atoms with E-state index in [4.69, 9.17) is 13.9 Å². The molecule has 0 radical (unpaired) electrons. The van der Waals surface area contributed by atoms with Crippen LogP contribution in [0.4, 0.5) is 6.01 Å². The van der Waals surface area contributed by atoms with Gasteiger partial charge in [-0.1, -0.05) is 24.5 Å². The average molecular weight is 289 g/mol. The second-order valence-corrected chi connectivity index (χ2v) is 4.94. The molecule has 1 N–H and O–H groups in total. The van der Waals surface area contributed by atoms with Crippen molar-refractivity contribution in [3.8, 4) is 11.5 Å². The molecule has 0 amide bonds. The normalized spacial score (nSPS) is 13.2. The SMILES string of the molecule is CCCCc1nnc(NCc2ccc3c(c2)OCCO3)o1. The van der Waals surface area contributed by atoms with E-state index in [1.54, 1.807) is 0 Å². The lowest BCUT2D eigenvalue weighted by Gasteiger charge is -2.18. The Labute approximate surface area is 123 Å². The lowest BCUT2D eigenvalue weighted by molar-refractivity contribution is 0.171. The maximum Gasteiger partial charge on any atom is 0.315 e. The van der Waals surface area contributed by atoms with Gasteiger partial charge in [0.05, 0.1) is 0 Å². The number of hydrogen-bond acceptors (Lipinski definition) is 6. The zero-order valence-electron chi connectivity index (χ0n) is 12.1. The number of aromatic nitrogens is 2. The molecular weight excluding hydrogens is 270 g/mol. The van der Waals surface area contributed by atoms with Gasteiger partial charge < -0.3 is 19.2 Å². The van der Waals surface area contributed by atoms with Crippen LogP contribution in [-0.4, -0.2) is 23.4 Å². The van der Waals surface area contributed by atoms with Crippen LogP contribution in [0.2, 0.25) is 0 Å². The predicted octanol–water partition coefficient (Wildman–Crippen LogP) is 2.80. The van der Waals surface area contributed by atoms with Crippen molar-refractivity contribution in [2.45, 2.75) is 32.7 Å². The Bertz CT molecular complexity index is 598. The number of aryl methyl sites for hydroxylation is 1. The van der Waals surface area contributed by atoms with E-state index >= 15 is 0 Å². The van der Waals surface area contributed by atoms with Crippen LogP contribution in [-0.2, 0) is 13.0 Å². The van der Waals surface area contributed by atoms with Crippen molar-refractivity contribution in [1.82, 2.24) is 10.2 Å². The minimum absolute atomic E-state index is 0.455. The highest BCUT2D eigenvalue weighted by molar-refractivity contribution is 5.44. The summed E-state index contributed by atoms with van der Waals surface area (Å²) in [5, 5.41) is 11.1. The van der Waals surface area contributed by atoms with Crippen LogP contribution < -0.4 is 14.8 Å². The lowest BCUT2D eigenvalue weighted by Crippen LogP contribution is -2.15. The highest BCUT2D eigenvalue weighted by Crippen LogP contribution is 2.30. The molecule has 1 aliphatic rings. The van der Waals surface area contributed by atoms with Gasteiger partial charge in [-0.3, -0.25) is 0 Å². The van der Waals surface area contributed by atoms with Gasteiger partial charge in [0.2, 0.25) is 5.89 Å². The first kappa shape index (κ1) is 13.7. The van der Waals surface area contributed by atoms with Gasteiger partial charge in [-0.2, -0.15) is 0 Å². The lowest BCUT2D eigenvalue weighted by atomic mass is 10.2. The fraction of sp³-hybridized carbons (Fsp3) is 0.467. The number of nitrogens with zero attached hydrogens (tertiary/aromatic N) is 2. The van der Waals surface area contributed by atoms with E-state index in [1.165, 1.54) is 0 Å². The van der Waals surface area contributed by atoms with Crippen LogP contribution in [0, 0.1) is 0 Å². The smallest absolute Gasteiger partial charge is 0.315 e. The van der Waals surface area contributed by atoms with E-state index in [2.05, 4.69) is 22.4 Å². The third kappa shape index (κ3) is 3.45. The quantitative estimate of drug-likeness (QED) is 0.882. The maximum absolute atomic E-state index is 5.56. The summed E-state index contributed by atoms with van der Waals surface area (Å²) < 4.78 is 16.6. The summed E-state index contributed by atoms with van der Waals surface area (Å²) in [5.41, 5.74) is 1.08. The topological polar surface area (TPSA) is 69.4 Å². The molecule has 1 aromatic heterocycles. The molecule has 0 bridgehead atoms. The number of ether oxygens (including phenoxy) is 2. The summed E-state index contributed by atoms with van der Waals surface area (Å²) in [4.78, 5) is 0. The van der Waals surface area contributed by atoms with Crippen LogP contribution in [0.5, 0.6) is 11.5 Å². The van der Waals surface area contributed by atoms with Crippen LogP contribution in [0.15, 0.2) is 22.6 Å². The van der Waals surface area contributed by atoms with Crippen LogP contribution in [0.25, 0.3) is 0 Å². The zero-order valence-corrected chi connectivity index (χ0v) is 12.1. The molecule has 0 atom stereocenters. The largest absolute Gasteiger partial charge is 0.486 e. The van der Waals surface area contributed by atoms with Crippen LogP contribution in [0.1, 0.15) is 31.2 Å². The van der Waals surface area contributed by atoms with E-state index in [0.717, 1.165) is 36.3 Å². The Morgan fingerprint density at radius 3 is 2.86 bits per heavy atom. The fourth-order valence-corrected chi connectivity index (χ4v) is 2.13. The average Bonchev–Trinajstić information content (AvgIpc) is 2.98. The molecule has 3 rings (SSSR count). The molecule has 6 nitrogen and oxygen atoms in total. The summed E-state index contributed by atoms with van der Waals surface area (Å²) in [6.45, 7) is 3.94. The Balaban J connectivity index is 1.58. The number of benzene rings is 1. The summed E-state index contributed by atoms with van der Waals surface area (Å²) in [6.07, 6.45) is 3.00. The molecule has 1 aliphatic heterocycles. The van der Waals surface area contributed by atoms with Gasteiger partial charge in [0.1, 0.15) is 13.2 Å². The molecular formula is C15H19N3O3. The van der Waals surface area contributed by atoms with Crippen molar-refractivity contribution < 1.29 is 13.9 Å². The Morgan fingerprint density at radius 2 is 2.00 bits per heavy atom.